The average Bonchev–Trinajstić information content (AvgIpc) is 2.97. The lowest BCUT2D eigenvalue weighted by atomic mass is 10.2. The fourth-order valence-electron chi connectivity index (χ4n) is 3.42. The van der Waals surface area contributed by atoms with Crippen LogP contribution in [0, 0.1) is 0 Å². The van der Waals surface area contributed by atoms with Gasteiger partial charge in [0.05, 0.1) is 15.6 Å². The molecule has 1 heterocycles. The Morgan fingerprint density at radius 2 is 1.48 bits per heavy atom. The van der Waals surface area contributed by atoms with Crippen LogP contribution in [0.2, 0.25) is 15.1 Å². The monoisotopic (exact) mass is 667 g/mol. The van der Waals surface area contributed by atoms with E-state index in [2.05, 4.69) is 26.5 Å². The molecule has 44 heavy (non-hydrogen) atoms. The van der Waals surface area contributed by atoms with E-state index in [0.717, 1.165) is 12.1 Å². The van der Waals surface area contributed by atoms with Crippen LogP contribution in [0.3, 0.4) is 0 Å². The first-order valence-electron chi connectivity index (χ1n) is 12.2. The van der Waals surface area contributed by atoms with Crippen molar-refractivity contribution >= 4 is 64.0 Å². The minimum atomic E-state index is -4.68. The van der Waals surface area contributed by atoms with E-state index in [1.54, 1.807) is 0 Å². The van der Waals surface area contributed by atoms with Crippen LogP contribution in [0.1, 0.15) is 16.1 Å². The number of rotatable bonds is 8. The van der Waals surface area contributed by atoms with Crippen molar-refractivity contribution in [2.45, 2.75) is 6.18 Å². The summed E-state index contributed by atoms with van der Waals surface area (Å²) in [5.41, 5.74) is 3.45. The lowest BCUT2D eigenvalue weighted by Gasteiger charge is -2.13. The molecule has 4 aromatic rings. The van der Waals surface area contributed by atoms with Crippen LogP contribution in [-0.2, 0) is 11.0 Å². The van der Waals surface area contributed by atoms with Crippen molar-refractivity contribution in [3.63, 3.8) is 0 Å². The van der Waals surface area contributed by atoms with E-state index in [4.69, 9.17) is 44.3 Å². The first-order chi connectivity index (χ1) is 20.9. The minimum Gasteiger partial charge on any atom is -0.482 e. The number of pyridine rings is 1. The van der Waals surface area contributed by atoms with Crippen molar-refractivity contribution in [1.82, 2.24) is 15.8 Å². The molecule has 4 rings (SSSR count). The molecule has 0 aliphatic heterocycles. The van der Waals surface area contributed by atoms with Crippen LogP contribution in [0.5, 0.6) is 17.2 Å². The van der Waals surface area contributed by atoms with Gasteiger partial charge in [0.2, 0.25) is 0 Å². The number of alkyl halides is 3. The molecule has 1 aromatic heterocycles. The second-order valence-electron chi connectivity index (χ2n) is 8.64. The van der Waals surface area contributed by atoms with Crippen molar-refractivity contribution in [3.05, 3.63) is 105 Å². The standard InChI is InChI=1S/C28H19Cl3F3N5O5/c29-15-1-8-24(22(31)11-15)43-14-25(40)38-39-26(41)23-13-19(9-10-35-23)44-18-5-2-16(3-6-18)36-27(42)37-17-4-7-21(30)20(12-17)28(32,33)34/h1-13H,14H2,(H,38,40)(H,39,41)(H2,36,37,42). The number of carbonyl (C=O) groups is 3. The van der Waals surface area contributed by atoms with E-state index in [1.165, 1.54) is 66.9 Å². The zero-order valence-corrected chi connectivity index (χ0v) is 24.2. The predicted molar refractivity (Wildman–Crippen MR) is 157 cm³/mol. The number of halogens is 6. The molecule has 0 atom stereocenters. The summed E-state index contributed by atoms with van der Waals surface area (Å²) in [7, 11) is 0. The van der Waals surface area contributed by atoms with E-state index in [-0.39, 0.29) is 27.9 Å². The van der Waals surface area contributed by atoms with Gasteiger partial charge in [-0.15, -0.1) is 0 Å². The van der Waals surface area contributed by atoms with E-state index in [0.29, 0.717) is 16.5 Å². The zero-order valence-electron chi connectivity index (χ0n) is 22.0. The fourth-order valence-corrected chi connectivity index (χ4v) is 4.10. The molecule has 3 aromatic carbocycles. The van der Waals surface area contributed by atoms with Crippen LogP contribution < -0.4 is 31.0 Å². The summed E-state index contributed by atoms with van der Waals surface area (Å²) in [5.74, 6) is -0.608. The minimum absolute atomic E-state index is 0.0738. The Labute approximate surface area is 262 Å². The largest absolute Gasteiger partial charge is 0.482 e. The van der Waals surface area contributed by atoms with Crippen LogP contribution in [0.4, 0.5) is 29.3 Å². The maximum Gasteiger partial charge on any atom is 0.417 e. The Morgan fingerprint density at radius 3 is 2.18 bits per heavy atom. The van der Waals surface area contributed by atoms with E-state index in [1.807, 2.05) is 0 Å². The number of ether oxygens (including phenoxy) is 2. The first-order valence-corrected chi connectivity index (χ1v) is 13.4. The summed E-state index contributed by atoms with van der Waals surface area (Å²) in [6.07, 6.45) is -3.36. The number of hydrazine groups is 1. The molecular formula is C28H19Cl3F3N5O5. The molecular weight excluding hydrogens is 650 g/mol. The smallest absolute Gasteiger partial charge is 0.417 e. The summed E-state index contributed by atoms with van der Waals surface area (Å²) in [5, 5.41) is 4.92. The Bertz CT molecular complexity index is 1690. The lowest BCUT2D eigenvalue weighted by Crippen LogP contribution is -2.44. The van der Waals surface area contributed by atoms with Gasteiger partial charge in [0.15, 0.2) is 6.61 Å². The summed E-state index contributed by atoms with van der Waals surface area (Å²) in [6, 6.07) is 15.5. The number of urea groups is 1. The van der Waals surface area contributed by atoms with Gasteiger partial charge in [0.1, 0.15) is 22.9 Å². The lowest BCUT2D eigenvalue weighted by molar-refractivity contribution is -0.137. The number of hydrogen-bond donors (Lipinski definition) is 4. The molecule has 0 saturated carbocycles. The fraction of sp³-hybridized carbons (Fsp3) is 0.0714. The molecule has 4 amide bonds. The third kappa shape index (κ3) is 9.14. The number of anilines is 2. The Balaban J connectivity index is 1.27. The summed E-state index contributed by atoms with van der Waals surface area (Å²) in [4.78, 5) is 40.7. The van der Waals surface area contributed by atoms with Crippen molar-refractivity contribution in [2.24, 2.45) is 0 Å². The normalized spacial score (nSPS) is 10.9. The average molecular weight is 669 g/mol. The molecule has 0 aliphatic rings. The second-order valence-corrected chi connectivity index (χ2v) is 9.89. The number of nitrogens with one attached hydrogen (secondary N) is 4. The van der Waals surface area contributed by atoms with Gasteiger partial charge in [-0.2, -0.15) is 13.2 Å². The third-order valence-electron chi connectivity index (χ3n) is 5.41. The maximum absolute atomic E-state index is 13.1. The van der Waals surface area contributed by atoms with Crippen LogP contribution in [-0.4, -0.2) is 29.4 Å². The highest BCUT2D eigenvalue weighted by molar-refractivity contribution is 6.35. The Kier molecular flexibility index (Phi) is 10.4. The number of amides is 4. The van der Waals surface area contributed by atoms with Gasteiger partial charge in [-0.1, -0.05) is 34.8 Å². The van der Waals surface area contributed by atoms with Crippen LogP contribution >= 0.6 is 34.8 Å². The third-order valence-corrected chi connectivity index (χ3v) is 6.27. The first kappa shape index (κ1) is 32.2. The second kappa shape index (κ2) is 14.2. The molecule has 0 radical (unpaired) electrons. The molecule has 0 fully saturated rings. The Hall–Kier alpha value is -4.72. The summed E-state index contributed by atoms with van der Waals surface area (Å²) >= 11 is 17.4. The number of aromatic nitrogens is 1. The molecule has 0 unspecified atom stereocenters. The van der Waals surface area contributed by atoms with Crippen molar-refractivity contribution < 1.29 is 37.0 Å². The van der Waals surface area contributed by atoms with E-state index in [9.17, 15) is 27.6 Å². The quantitative estimate of drug-likeness (QED) is 0.145. The van der Waals surface area contributed by atoms with Crippen molar-refractivity contribution in [1.29, 1.82) is 0 Å². The van der Waals surface area contributed by atoms with E-state index >= 15 is 0 Å². The van der Waals surface area contributed by atoms with Crippen molar-refractivity contribution in [2.75, 3.05) is 17.2 Å². The van der Waals surface area contributed by atoms with Crippen LogP contribution in [0.25, 0.3) is 0 Å². The highest BCUT2D eigenvalue weighted by Gasteiger charge is 2.33. The number of nitrogens with zero attached hydrogens (tertiary/aromatic N) is 1. The molecule has 16 heteroatoms. The van der Waals surface area contributed by atoms with Gasteiger partial charge in [-0.05, 0) is 66.7 Å². The predicted octanol–water partition coefficient (Wildman–Crippen LogP) is 7.34. The highest BCUT2D eigenvalue weighted by Crippen LogP contribution is 2.36. The SMILES string of the molecule is O=C(COc1ccc(Cl)cc1Cl)NNC(=O)c1cc(Oc2ccc(NC(=O)Nc3ccc(Cl)c(C(F)(F)F)c3)cc2)ccn1. The molecule has 0 spiro atoms. The molecule has 0 aliphatic carbocycles. The van der Waals surface area contributed by atoms with Gasteiger partial charge in [0, 0.05) is 28.7 Å². The molecule has 0 bridgehead atoms. The number of benzene rings is 3. The summed E-state index contributed by atoms with van der Waals surface area (Å²) < 4.78 is 50.2. The molecule has 4 N–H and O–H groups in total. The van der Waals surface area contributed by atoms with Crippen molar-refractivity contribution in [3.8, 4) is 17.2 Å². The molecule has 10 nitrogen and oxygen atoms in total. The zero-order chi connectivity index (χ0) is 31.9. The molecule has 228 valence electrons. The van der Waals surface area contributed by atoms with Gasteiger partial charge in [-0.3, -0.25) is 25.4 Å². The van der Waals surface area contributed by atoms with Gasteiger partial charge in [0.25, 0.3) is 11.8 Å². The van der Waals surface area contributed by atoms with Gasteiger partial charge in [-0.25, -0.2) is 4.79 Å². The summed E-state index contributed by atoms with van der Waals surface area (Å²) in [6.45, 7) is -0.440. The van der Waals surface area contributed by atoms with Gasteiger partial charge >= 0.3 is 12.2 Å². The molecule has 0 saturated heterocycles. The number of hydrogen-bond acceptors (Lipinski definition) is 6. The number of carbonyl (C=O) groups excluding carboxylic acids is 3. The highest BCUT2D eigenvalue weighted by atomic mass is 35.5. The Morgan fingerprint density at radius 1 is 0.773 bits per heavy atom. The topological polar surface area (TPSA) is 131 Å². The maximum atomic E-state index is 13.1. The van der Waals surface area contributed by atoms with Crippen LogP contribution in [0.15, 0.2) is 79.0 Å². The van der Waals surface area contributed by atoms with E-state index < -0.39 is 41.2 Å². The van der Waals surface area contributed by atoms with Gasteiger partial charge < -0.3 is 20.1 Å².